The maximum atomic E-state index is 13.1. The molecule has 0 aliphatic carbocycles. The number of aliphatic hydroxyl groups is 1. The average Bonchev–Trinajstić information content (AvgIpc) is 1.06. The first-order valence-corrected chi connectivity index (χ1v) is 40.8. The maximum absolute atomic E-state index is 13.1. The minimum Gasteiger partial charge on any atom is -0.462 e. The quantitative estimate of drug-likeness (QED) is 0.0169. The van der Waals surface area contributed by atoms with Crippen LogP contribution in [0.2, 0.25) is 0 Å². The molecule has 0 fully saturated rings. The first kappa shape index (κ1) is 93.5. The van der Waals surface area contributed by atoms with Crippen molar-refractivity contribution in [3.05, 3.63) is 122 Å². The third-order valence-electron chi connectivity index (χ3n) is 15.4. The van der Waals surface area contributed by atoms with Crippen LogP contribution in [0.15, 0.2) is 122 Å². The van der Waals surface area contributed by atoms with Crippen LogP contribution in [-0.4, -0.2) is 96.7 Å². The molecule has 17 nitrogen and oxygen atoms in total. The van der Waals surface area contributed by atoms with Gasteiger partial charge in [0.1, 0.15) is 19.3 Å². The van der Waals surface area contributed by atoms with E-state index in [4.69, 9.17) is 37.0 Å². The number of phosphoric acid groups is 2. The van der Waals surface area contributed by atoms with Gasteiger partial charge >= 0.3 is 39.5 Å². The molecule has 0 aromatic rings. The Kier molecular flexibility index (Phi) is 67.6. The fourth-order valence-electron chi connectivity index (χ4n) is 9.58. The van der Waals surface area contributed by atoms with Crippen LogP contribution in [0.4, 0.5) is 0 Å². The topological polar surface area (TPSA) is 237 Å². The number of allylic oxidation sites excluding steroid dienone is 20. The zero-order chi connectivity index (χ0) is 71.8. The number of hydrogen-bond acceptors (Lipinski definition) is 15. The van der Waals surface area contributed by atoms with E-state index in [2.05, 4.69) is 137 Å². The molecule has 0 aromatic heterocycles. The van der Waals surface area contributed by atoms with E-state index >= 15 is 0 Å². The number of unbranched alkanes of at least 4 members (excludes halogenated alkanes) is 24. The standard InChI is InChI=1S/C79H134O17P2/c1-5-9-13-17-21-25-29-31-33-35-36-38-39-41-45-48-52-56-60-64-77(82)90-70-75(96-79(84)66-62-58-54-50-46-42-40-37-34-32-30-26-22-18-14-10-6-2)72-94-98(87,88)92-68-73(80)67-91-97(85,86)93-71-74(95-78(83)65-61-57-53-49-44-28-24-20-16-12-8-4)69-89-76(81)63-59-55-51-47-43-27-23-19-15-11-7-3/h10,14,19-26,31-34,36,38,40,42,50,54,73-75,80H,5-9,11-13,15-18,27-30,35,37,39,41,43-49,51-53,55-72H2,1-4H3,(H,85,86)(H,87,88)/b14-10-,23-19-,24-20-,25-21-,26-22-,33-31-,34-32-,38-36-,42-40-,54-50-. The summed E-state index contributed by atoms with van der Waals surface area (Å²) < 4.78 is 68.3. The Morgan fingerprint density at radius 2 is 0.551 bits per heavy atom. The van der Waals surface area contributed by atoms with Gasteiger partial charge in [-0.3, -0.25) is 37.3 Å². The van der Waals surface area contributed by atoms with Crippen LogP contribution in [0.1, 0.15) is 297 Å². The first-order chi connectivity index (χ1) is 47.7. The molecule has 5 unspecified atom stereocenters. The molecule has 19 heteroatoms. The van der Waals surface area contributed by atoms with E-state index < -0.39 is 97.5 Å². The number of ether oxygens (including phenoxy) is 4. The second-order valence-electron chi connectivity index (χ2n) is 24.8. The molecule has 0 aromatic carbocycles. The minimum atomic E-state index is -4.99. The Labute approximate surface area is 593 Å². The molecule has 0 amide bonds. The van der Waals surface area contributed by atoms with Gasteiger partial charge in [-0.2, -0.15) is 0 Å². The van der Waals surface area contributed by atoms with Gasteiger partial charge in [0.2, 0.25) is 0 Å². The number of rotatable bonds is 70. The Morgan fingerprint density at radius 1 is 0.296 bits per heavy atom. The van der Waals surface area contributed by atoms with Gasteiger partial charge in [-0.15, -0.1) is 0 Å². The molecule has 562 valence electrons. The second-order valence-corrected chi connectivity index (χ2v) is 27.8. The predicted molar refractivity (Wildman–Crippen MR) is 399 cm³/mol. The van der Waals surface area contributed by atoms with E-state index in [1.807, 2.05) is 12.2 Å². The van der Waals surface area contributed by atoms with E-state index in [1.54, 1.807) is 0 Å². The molecule has 0 bridgehead atoms. The van der Waals surface area contributed by atoms with Crippen LogP contribution >= 0.6 is 15.6 Å². The van der Waals surface area contributed by atoms with Crippen molar-refractivity contribution in [2.45, 2.75) is 316 Å². The Bertz CT molecular complexity index is 2340. The summed E-state index contributed by atoms with van der Waals surface area (Å²) in [6, 6.07) is 0. The fourth-order valence-corrected chi connectivity index (χ4v) is 11.2. The van der Waals surface area contributed by atoms with Gasteiger partial charge in [-0.05, 0) is 141 Å². The third kappa shape index (κ3) is 69.9. The maximum Gasteiger partial charge on any atom is 0.472 e. The van der Waals surface area contributed by atoms with Crippen molar-refractivity contribution in [1.29, 1.82) is 0 Å². The normalized spacial score (nSPS) is 14.6. The number of phosphoric ester groups is 2. The van der Waals surface area contributed by atoms with Gasteiger partial charge in [-0.1, -0.05) is 252 Å². The molecule has 0 spiro atoms. The summed E-state index contributed by atoms with van der Waals surface area (Å²) in [6.45, 7) is 4.54. The van der Waals surface area contributed by atoms with Crippen LogP contribution in [0.25, 0.3) is 0 Å². The summed E-state index contributed by atoms with van der Waals surface area (Å²) in [6.07, 6.45) is 76.4. The fraction of sp³-hybridized carbons (Fsp3) is 0.696. The molecule has 0 aliphatic heterocycles. The summed E-state index contributed by atoms with van der Waals surface area (Å²) in [5.41, 5.74) is 0. The predicted octanol–water partition coefficient (Wildman–Crippen LogP) is 21.6. The van der Waals surface area contributed by atoms with Crippen LogP contribution in [0.5, 0.6) is 0 Å². The lowest BCUT2D eigenvalue weighted by Gasteiger charge is -2.21. The highest BCUT2D eigenvalue weighted by atomic mass is 31.2. The summed E-state index contributed by atoms with van der Waals surface area (Å²) in [7, 11) is -9.97. The van der Waals surface area contributed by atoms with Crippen molar-refractivity contribution in [3.63, 3.8) is 0 Å². The second kappa shape index (κ2) is 70.9. The summed E-state index contributed by atoms with van der Waals surface area (Å²) >= 11 is 0. The zero-order valence-corrected chi connectivity index (χ0v) is 63.0. The number of carbonyl (C=O) groups is 4. The van der Waals surface area contributed by atoms with Gasteiger partial charge in [0, 0.05) is 25.7 Å². The van der Waals surface area contributed by atoms with E-state index in [-0.39, 0.29) is 25.7 Å². The van der Waals surface area contributed by atoms with Gasteiger partial charge in [-0.25, -0.2) is 9.13 Å². The highest BCUT2D eigenvalue weighted by Crippen LogP contribution is 2.45. The molecule has 0 saturated heterocycles. The molecule has 0 radical (unpaired) electrons. The van der Waals surface area contributed by atoms with Gasteiger partial charge in [0.05, 0.1) is 26.4 Å². The number of carbonyl (C=O) groups excluding carboxylic acids is 4. The van der Waals surface area contributed by atoms with Crippen LogP contribution in [0.3, 0.4) is 0 Å². The molecular weight excluding hydrogens is 1280 g/mol. The van der Waals surface area contributed by atoms with Crippen molar-refractivity contribution < 1.29 is 80.2 Å². The van der Waals surface area contributed by atoms with Crippen LogP contribution in [-0.2, 0) is 65.4 Å². The van der Waals surface area contributed by atoms with E-state index in [0.717, 1.165) is 167 Å². The molecule has 0 rings (SSSR count). The lowest BCUT2D eigenvalue weighted by Crippen LogP contribution is -2.30. The molecule has 0 heterocycles. The van der Waals surface area contributed by atoms with Crippen molar-refractivity contribution in [1.82, 2.24) is 0 Å². The summed E-state index contributed by atoms with van der Waals surface area (Å²) in [5, 5.41) is 10.6. The van der Waals surface area contributed by atoms with E-state index in [1.165, 1.54) is 44.9 Å². The van der Waals surface area contributed by atoms with Crippen molar-refractivity contribution in [2.75, 3.05) is 39.6 Å². The van der Waals surface area contributed by atoms with Crippen molar-refractivity contribution in [2.24, 2.45) is 0 Å². The lowest BCUT2D eigenvalue weighted by molar-refractivity contribution is -0.161. The van der Waals surface area contributed by atoms with Gasteiger partial charge in [0.25, 0.3) is 0 Å². The van der Waals surface area contributed by atoms with Crippen molar-refractivity contribution in [3.8, 4) is 0 Å². The van der Waals surface area contributed by atoms with Crippen LogP contribution in [0, 0.1) is 0 Å². The number of hydrogen-bond donors (Lipinski definition) is 3. The zero-order valence-electron chi connectivity index (χ0n) is 61.2. The van der Waals surface area contributed by atoms with E-state index in [9.17, 15) is 43.2 Å². The smallest absolute Gasteiger partial charge is 0.462 e. The Hall–Kier alpha value is -4.54. The van der Waals surface area contributed by atoms with Gasteiger partial charge < -0.3 is 33.8 Å². The van der Waals surface area contributed by atoms with Gasteiger partial charge in [0.15, 0.2) is 12.2 Å². The van der Waals surface area contributed by atoms with Crippen LogP contribution < -0.4 is 0 Å². The molecule has 5 atom stereocenters. The number of aliphatic hydroxyl groups excluding tert-OH is 1. The monoisotopic (exact) mass is 1420 g/mol. The first-order valence-electron chi connectivity index (χ1n) is 37.8. The Balaban J connectivity index is 5.39. The SMILES string of the molecule is CC/C=C\C/C=C\C/C=C\C/C=C\C/C=C\CCCC(=O)OC(COC(=O)CCCCCCCC/C=C\C/C=C\C/C=C\CCCCC)COP(=O)(O)OCC(O)COP(=O)(O)OCC(COC(=O)CCCCCCC/C=C\CCCC)OC(=O)CCCCCCC/C=C\CCCC. The summed E-state index contributed by atoms with van der Waals surface area (Å²) in [5.74, 6) is -2.28. The molecule has 0 aliphatic rings. The largest absolute Gasteiger partial charge is 0.472 e. The minimum absolute atomic E-state index is 0.0110. The molecule has 98 heavy (non-hydrogen) atoms. The molecule has 3 N–H and O–H groups in total. The highest BCUT2D eigenvalue weighted by molar-refractivity contribution is 7.47. The lowest BCUT2D eigenvalue weighted by atomic mass is 10.1. The molecule has 0 saturated carbocycles. The Morgan fingerprint density at radius 3 is 0.898 bits per heavy atom. The average molecular weight is 1420 g/mol. The van der Waals surface area contributed by atoms with Crippen molar-refractivity contribution >= 4 is 39.5 Å². The van der Waals surface area contributed by atoms with E-state index in [0.29, 0.717) is 32.1 Å². The number of esters is 4. The molecular formula is C79H134O17P2. The highest BCUT2D eigenvalue weighted by Gasteiger charge is 2.30. The summed E-state index contributed by atoms with van der Waals surface area (Å²) in [4.78, 5) is 72.7. The third-order valence-corrected chi connectivity index (χ3v) is 17.3.